The van der Waals surface area contributed by atoms with Crippen molar-refractivity contribution in [3.63, 3.8) is 0 Å². The molecule has 0 radical (unpaired) electrons. The van der Waals surface area contributed by atoms with Gasteiger partial charge in [0, 0.05) is 24.6 Å². The lowest BCUT2D eigenvalue weighted by Gasteiger charge is -1.94. The number of hydrogen-bond acceptors (Lipinski definition) is 3. The summed E-state index contributed by atoms with van der Waals surface area (Å²) in [6.07, 6.45) is 1.63. The van der Waals surface area contributed by atoms with Gasteiger partial charge in [0.2, 0.25) is 0 Å². The van der Waals surface area contributed by atoms with Crippen LogP contribution in [0.2, 0.25) is 0 Å². The third-order valence-corrected chi connectivity index (χ3v) is 2.27. The summed E-state index contributed by atoms with van der Waals surface area (Å²) < 4.78 is 1.61. The summed E-state index contributed by atoms with van der Waals surface area (Å²) in [6.45, 7) is 3.64. The molecule has 0 saturated carbocycles. The molecule has 0 N–H and O–H groups in total. The van der Waals surface area contributed by atoms with Crippen molar-refractivity contribution in [2.75, 3.05) is 0 Å². The van der Waals surface area contributed by atoms with Crippen LogP contribution >= 0.6 is 0 Å². The highest BCUT2D eigenvalue weighted by Gasteiger charge is 2.11. The number of rotatable bonds is 2. The molecule has 2 rings (SSSR count). The van der Waals surface area contributed by atoms with Gasteiger partial charge in [-0.1, -0.05) is 6.58 Å². The van der Waals surface area contributed by atoms with Crippen molar-refractivity contribution in [3.05, 3.63) is 40.6 Å². The molecule has 0 unspecified atom stereocenters. The number of aromatic nitrogens is 2. The van der Waals surface area contributed by atoms with E-state index in [1.165, 1.54) is 12.1 Å². The predicted molar refractivity (Wildman–Crippen MR) is 57.5 cm³/mol. The fourth-order valence-electron chi connectivity index (χ4n) is 1.54. The lowest BCUT2D eigenvalue weighted by molar-refractivity contribution is -0.384. The Bertz CT molecular complexity index is 557. The number of fused-ring (bicyclic) bond motifs is 1. The van der Waals surface area contributed by atoms with Gasteiger partial charge in [-0.3, -0.25) is 14.8 Å². The van der Waals surface area contributed by atoms with Crippen LogP contribution in [0.5, 0.6) is 0 Å². The van der Waals surface area contributed by atoms with Crippen molar-refractivity contribution in [2.24, 2.45) is 7.05 Å². The standard InChI is InChI=1S/C10H9N3O2/c1-3-9-8-5-4-7(13(14)15)6-10(8)12(2)11-9/h3-6H,1H2,2H3. The van der Waals surface area contributed by atoms with Gasteiger partial charge < -0.3 is 0 Å². The van der Waals surface area contributed by atoms with Crippen molar-refractivity contribution in [1.82, 2.24) is 9.78 Å². The highest BCUT2D eigenvalue weighted by molar-refractivity contribution is 5.88. The van der Waals surface area contributed by atoms with E-state index in [-0.39, 0.29) is 5.69 Å². The van der Waals surface area contributed by atoms with E-state index in [4.69, 9.17) is 0 Å². The molecule has 1 heterocycles. The zero-order valence-corrected chi connectivity index (χ0v) is 8.17. The van der Waals surface area contributed by atoms with Crippen LogP contribution in [0.15, 0.2) is 24.8 Å². The van der Waals surface area contributed by atoms with Crippen LogP contribution in [0.3, 0.4) is 0 Å². The Morgan fingerprint density at radius 3 is 2.93 bits per heavy atom. The minimum atomic E-state index is -0.417. The quantitative estimate of drug-likeness (QED) is 0.554. The predicted octanol–water partition coefficient (Wildman–Crippen LogP) is 2.12. The number of nitrogens with zero attached hydrogens (tertiary/aromatic N) is 3. The number of benzene rings is 1. The second-order valence-electron chi connectivity index (χ2n) is 3.17. The van der Waals surface area contributed by atoms with Gasteiger partial charge in [0.15, 0.2) is 0 Å². The molecule has 0 saturated heterocycles. The summed E-state index contributed by atoms with van der Waals surface area (Å²) in [5.41, 5.74) is 1.54. The first kappa shape index (κ1) is 9.39. The molecular weight excluding hydrogens is 194 g/mol. The maximum atomic E-state index is 10.6. The molecule has 0 aliphatic rings. The highest BCUT2D eigenvalue weighted by atomic mass is 16.6. The van der Waals surface area contributed by atoms with Gasteiger partial charge in [0.25, 0.3) is 5.69 Å². The fourth-order valence-corrected chi connectivity index (χ4v) is 1.54. The minimum Gasteiger partial charge on any atom is -0.267 e. The zero-order chi connectivity index (χ0) is 11.0. The first-order valence-electron chi connectivity index (χ1n) is 4.37. The molecule has 5 nitrogen and oxygen atoms in total. The molecule has 0 fully saturated rings. The van der Waals surface area contributed by atoms with Crippen LogP contribution in [0, 0.1) is 10.1 Å². The van der Waals surface area contributed by atoms with Crippen molar-refractivity contribution in [2.45, 2.75) is 0 Å². The number of hydrogen-bond donors (Lipinski definition) is 0. The van der Waals surface area contributed by atoms with Gasteiger partial charge in [0.1, 0.15) is 0 Å². The van der Waals surface area contributed by atoms with E-state index >= 15 is 0 Å². The SMILES string of the molecule is C=Cc1nn(C)c2cc([N+](=O)[O-])ccc12. The zero-order valence-electron chi connectivity index (χ0n) is 8.17. The fraction of sp³-hybridized carbons (Fsp3) is 0.100. The van der Waals surface area contributed by atoms with Crippen LogP contribution < -0.4 is 0 Å². The highest BCUT2D eigenvalue weighted by Crippen LogP contribution is 2.23. The van der Waals surface area contributed by atoms with Crippen LogP contribution in [-0.4, -0.2) is 14.7 Å². The molecular formula is C10H9N3O2. The molecule has 76 valence electrons. The van der Waals surface area contributed by atoms with E-state index in [9.17, 15) is 10.1 Å². The molecule has 2 aromatic rings. The van der Waals surface area contributed by atoms with Crippen LogP contribution in [-0.2, 0) is 7.05 Å². The Balaban J connectivity index is 2.77. The molecule has 0 aliphatic carbocycles. The molecule has 0 bridgehead atoms. The van der Waals surface area contributed by atoms with Crippen LogP contribution in [0.25, 0.3) is 17.0 Å². The summed E-state index contributed by atoms with van der Waals surface area (Å²) in [6, 6.07) is 4.67. The molecule has 0 aliphatic heterocycles. The smallest absolute Gasteiger partial charge is 0.267 e. The first-order chi connectivity index (χ1) is 7.13. The molecule has 0 atom stereocenters. The van der Waals surface area contributed by atoms with Gasteiger partial charge in [-0.2, -0.15) is 5.10 Å². The van der Waals surface area contributed by atoms with E-state index < -0.39 is 4.92 Å². The summed E-state index contributed by atoms with van der Waals surface area (Å²) in [5.74, 6) is 0. The Hall–Kier alpha value is -2.17. The summed E-state index contributed by atoms with van der Waals surface area (Å²) in [7, 11) is 1.75. The molecule has 15 heavy (non-hydrogen) atoms. The van der Waals surface area contributed by atoms with Gasteiger partial charge in [-0.25, -0.2) is 0 Å². The average molecular weight is 203 g/mol. The lowest BCUT2D eigenvalue weighted by Crippen LogP contribution is -1.91. The normalized spacial score (nSPS) is 10.5. The van der Waals surface area contributed by atoms with Gasteiger partial charge in [-0.05, 0) is 12.1 Å². The third-order valence-electron chi connectivity index (χ3n) is 2.27. The maximum absolute atomic E-state index is 10.6. The van der Waals surface area contributed by atoms with E-state index in [2.05, 4.69) is 11.7 Å². The second-order valence-corrected chi connectivity index (χ2v) is 3.17. The van der Waals surface area contributed by atoms with Gasteiger partial charge in [0.05, 0.1) is 16.1 Å². The van der Waals surface area contributed by atoms with Crippen molar-refractivity contribution in [1.29, 1.82) is 0 Å². The van der Waals surface area contributed by atoms with Crippen molar-refractivity contribution in [3.8, 4) is 0 Å². The Kier molecular flexibility index (Phi) is 2.00. The monoisotopic (exact) mass is 203 g/mol. The number of nitro benzene ring substituents is 1. The molecule has 0 spiro atoms. The van der Waals surface area contributed by atoms with Crippen molar-refractivity contribution < 1.29 is 4.92 Å². The van der Waals surface area contributed by atoms with E-state index in [0.717, 1.165) is 16.6 Å². The number of non-ortho nitro benzene ring substituents is 1. The van der Waals surface area contributed by atoms with Crippen LogP contribution in [0.4, 0.5) is 5.69 Å². The van der Waals surface area contributed by atoms with Gasteiger partial charge >= 0.3 is 0 Å². The molecule has 1 aromatic heterocycles. The molecule has 1 aromatic carbocycles. The Morgan fingerprint density at radius 1 is 1.60 bits per heavy atom. The largest absolute Gasteiger partial charge is 0.271 e. The molecule has 5 heteroatoms. The lowest BCUT2D eigenvalue weighted by atomic mass is 10.2. The first-order valence-corrected chi connectivity index (χ1v) is 4.37. The van der Waals surface area contributed by atoms with E-state index in [0.29, 0.717) is 0 Å². The Labute approximate surface area is 85.8 Å². The maximum Gasteiger partial charge on any atom is 0.271 e. The van der Waals surface area contributed by atoms with E-state index in [1.807, 2.05) is 0 Å². The third kappa shape index (κ3) is 1.38. The summed E-state index contributed by atoms with van der Waals surface area (Å²) in [5, 5.41) is 15.6. The van der Waals surface area contributed by atoms with E-state index in [1.54, 1.807) is 23.9 Å². The van der Waals surface area contributed by atoms with Crippen LogP contribution in [0.1, 0.15) is 5.69 Å². The summed E-state index contributed by atoms with van der Waals surface area (Å²) in [4.78, 5) is 10.2. The average Bonchev–Trinajstić information content (AvgIpc) is 2.55. The Morgan fingerprint density at radius 2 is 2.33 bits per heavy atom. The van der Waals surface area contributed by atoms with Crippen molar-refractivity contribution >= 4 is 22.7 Å². The number of aryl methyl sites for hydroxylation is 1. The summed E-state index contributed by atoms with van der Waals surface area (Å²) >= 11 is 0. The van der Waals surface area contributed by atoms with Gasteiger partial charge in [-0.15, -0.1) is 0 Å². The number of nitro groups is 1. The minimum absolute atomic E-state index is 0.0705. The molecule has 0 amide bonds. The topological polar surface area (TPSA) is 61.0 Å². The second kappa shape index (κ2) is 3.20.